The van der Waals surface area contributed by atoms with E-state index >= 15 is 0 Å². The first-order valence-electron chi connectivity index (χ1n) is 5.17. The molecule has 0 spiro atoms. The highest BCUT2D eigenvalue weighted by molar-refractivity contribution is 5.55. The summed E-state index contributed by atoms with van der Waals surface area (Å²) in [5.41, 5.74) is 0.368. The Morgan fingerprint density at radius 3 is 2.62 bits per heavy atom. The van der Waals surface area contributed by atoms with Crippen molar-refractivity contribution in [3.05, 3.63) is 0 Å². The monoisotopic (exact) mass is 182 g/mol. The SMILES string of the molecule is CC1(C)[C@H]2C[C@@H](C=O)[C@@H](CO)[C@@H]1C2. The lowest BCUT2D eigenvalue weighted by Crippen LogP contribution is -2.56. The van der Waals surface area contributed by atoms with Crippen LogP contribution < -0.4 is 0 Å². The lowest BCUT2D eigenvalue weighted by Gasteiger charge is -2.61. The van der Waals surface area contributed by atoms with Gasteiger partial charge in [-0.1, -0.05) is 13.8 Å². The van der Waals surface area contributed by atoms with Crippen molar-refractivity contribution in [2.75, 3.05) is 6.61 Å². The van der Waals surface area contributed by atoms with E-state index in [4.69, 9.17) is 0 Å². The lowest BCUT2D eigenvalue weighted by atomic mass is 9.43. The molecule has 0 aromatic rings. The summed E-state index contributed by atoms with van der Waals surface area (Å²) in [4.78, 5) is 10.8. The van der Waals surface area contributed by atoms with Gasteiger partial charge in [0.05, 0.1) is 0 Å². The quantitative estimate of drug-likeness (QED) is 0.657. The number of hydrogen-bond acceptors (Lipinski definition) is 2. The Morgan fingerprint density at radius 1 is 1.46 bits per heavy atom. The molecule has 2 bridgehead atoms. The third-order valence-electron chi connectivity index (χ3n) is 4.56. The van der Waals surface area contributed by atoms with Gasteiger partial charge in [0.2, 0.25) is 0 Å². The third kappa shape index (κ3) is 1.08. The summed E-state index contributed by atoms with van der Waals surface area (Å²) in [5.74, 6) is 1.65. The van der Waals surface area contributed by atoms with E-state index in [-0.39, 0.29) is 18.4 Å². The van der Waals surface area contributed by atoms with Gasteiger partial charge in [0.1, 0.15) is 6.29 Å². The standard InChI is InChI=1S/C11H18O2/c1-11(2)8-3-7(5-12)9(6-13)10(11)4-8/h5,7-10,13H,3-4,6H2,1-2H3/t7-,8-,9+,10-/m0/s1. The van der Waals surface area contributed by atoms with Crippen LogP contribution in [-0.4, -0.2) is 18.0 Å². The molecule has 0 aromatic carbocycles. The van der Waals surface area contributed by atoms with Gasteiger partial charge < -0.3 is 9.90 Å². The highest BCUT2D eigenvalue weighted by Crippen LogP contribution is 2.62. The molecule has 0 amide bonds. The Labute approximate surface area is 79.3 Å². The number of carbonyl (C=O) groups excluding carboxylic acids is 1. The van der Waals surface area contributed by atoms with Gasteiger partial charge in [-0.15, -0.1) is 0 Å². The van der Waals surface area contributed by atoms with Crippen LogP contribution in [0, 0.1) is 29.1 Å². The molecule has 3 rings (SSSR count). The first kappa shape index (κ1) is 9.20. The summed E-state index contributed by atoms with van der Waals surface area (Å²) in [7, 11) is 0. The number of aliphatic hydroxyl groups excluding tert-OH is 1. The fourth-order valence-corrected chi connectivity index (χ4v) is 3.40. The van der Waals surface area contributed by atoms with Crippen molar-refractivity contribution >= 4 is 6.29 Å². The number of rotatable bonds is 2. The molecule has 4 atom stereocenters. The van der Waals surface area contributed by atoms with Crippen LogP contribution in [0.5, 0.6) is 0 Å². The van der Waals surface area contributed by atoms with Crippen molar-refractivity contribution in [2.24, 2.45) is 29.1 Å². The van der Waals surface area contributed by atoms with Crippen molar-refractivity contribution < 1.29 is 9.90 Å². The van der Waals surface area contributed by atoms with Gasteiger partial charge in [0.15, 0.2) is 0 Å². The molecule has 0 radical (unpaired) electrons. The van der Waals surface area contributed by atoms with Gasteiger partial charge in [-0.2, -0.15) is 0 Å². The zero-order valence-electron chi connectivity index (χ0n) is 8.36. The second-order valence-electron chi connectivity index (χ2n) is 5.24. The molecule has 2 nitrogen and oxygen atoms in total. The average molecular weight is 182 g/mol. The highest BCUT2D eigenvalue weighted by Gasteiger charge is 2.57. The Kier molecular flexibility index (Phi) is 1.99. The summed E-state index contributed by atoms with van der Waals surface area (Å²) in [5, 5.41) is 9.26. The minimum atomic E-state index is 0.127. The Hall–Kier alpha value is -0.370. The van der Waals surface area contributed by atoms with E-state index in [1.807, 2.05) is 0 Å². The van der Waals surface area contributed by atoms with E-state index in [1.165, 1.54) is 6.42 Å². The van der Waals surface area contributed by atoms with Gasteiger partial charge in [-0.3, -0.25) is 0 Å². The van der Waals surface area contributed by atoms with Gasteiger partial charge in [0, 0.05) is 12.5 Å². The largest absolute Gasteiger partial charge is 0.396 e. The fraction of sp³-hybridized carbons (Fsp3) is 0.909. The lowest BCUT2D eigenvalue weighted by molar-refractivity contribution is -0.153. The molecule has 0 aromatic heterocycles. The molecule has 3 saturated carbocycles. The summed E-state index contributed by atoms with van der Waals surface area (Å²) in [6.45, 7) is 4.73. The van der Waals surface area contributed by atoms with Crippen LogP contribution in [-0.2, 0) is 4.79 Å². The molecule has 3 fully saturated rings. The molecule has 3 aliphatic carbocycles. The molecule has 13 heavy (non-hydrogen) atoms. The normalized spacial score (nSPS) is 46.7. The zero-order chi connectivity index (χ0) is 9.64. The number of carbonyl (C=O) groups is 1. The van der Waals surface area contributed by atoms with E-state index in [0.29, 0.717) is 11.3 Å². The average Bonchev–Trinajstić information content (AvgIpc) is 2.16. The van der Waals surface area contributed by atoms with Gasteiger partial charge >= 0.3 is 0 Å². The summed E-state index contributed by atoms with van der Waals surface area (Å²) < 4.78 is 0. The van der Waals surface area contributed by atoms with Gasteiger partial charge in [0.25, 0.3) is 0 Å². The van der Waals surface area contributed by atoms with Crippen molar-refractivity contribution in [2.45, 2.75) is 26.7 Å². The van der Waals surface area contributed by atoms with Crippen LogP contribution >= 0.6 is 0 Å². The molecule has 74 valence electrons. The fourth-order valence-electron chi connectivity index (χ4n) is 3.40. The second kappa shape index (κ2) is 2.81. The van der Waals surface area contributed by atoms with Crippen molar-refractivity contribution in [3.8, 4) is 0 Å². The third-order valence-corrected chi connectivity index (χ3v) is 4.56. The Balaban J connectivity index is 2.17. The predicted molar refractivity (Wildman–Crippen MR) is 50.1 cm³/mol. The number of hydrogen-bond donors (Lipinski definition) is 1. The van der Waals surface area contributed by atoms with Crippen LogP contribution in [0.4, 0.5) is 0 Å². The number of aliphatic hydroxyl groups is 1. The first-order valence-corrected chi connectivity index (χ1v) is 5.17. The molecule has 0 saturated heterocycles. The second-order valence-corrected chi connectivity index (χ2v) is 5.24. The van der Waals surface area contributed by atoms with Crippen LogP contribution in [0.2, 0.25) is 0 Å². The van der Waals surface area contributed by atoms with Crippen LogP contribution in [0.3, 0.4) is 0 Å². The summed E-state index contributed by atoms with van der Waals surface area (Å²) >= 11 is 0. The van der Waals surface area contributed by atoms with Crippen LogP contribution in [0.15, 0.2) is 0 Å². The first-order chi connectivity index (χ1) is 6.11. The maximum Gasteiger partial charge on any atom is 0.123 e. The highest BCUT2D eigenvalue weighted by atomic mass is 16.3. The molecule has 0 aliphatic heterocycles. The van der Waals surface area contributed by atoms with Crippen molar-refractivity contribution in [1.82, 2.24) is 0 Å². The zero-order valence-corrected chi connectivity index (χ0v) is 8.36. The van der Waals surface area contributed by atoms with E-state index in [2.05, 4.69) is 13.8 Å². The van der Waals surface area contributed by atoms with Crippen molar-refractivity contribution in [1.29, 1.82) is 0 Å². The van der Waals surface area contributed by atoms with E-state index < -0.39 is 0 Å². The molecule has 0 heterocycles. The maximum absolute atomic E-state index is 10.8. The molecule has 1 N–H and O–H groups in total. The van der Waals surface area contributed by atoms with Gasteiger partial charge in [-0.25, -0.2) is 0 Å². The van der Waals surface area contributed by atoms with Crippen molar-refractivity contribution in [3.63, 3.8) is 0 Å². The minimum Gasteiger partial charge on any atom is -0.396 e. The molecular weight excluding hydrogens is 164 g/mol. The van der Waals surface area contributed by atoms with E-state index in [9.17, 15) is 9.90 Å². The molecule has 0 unspecified atom stereocenters. The topological polar surface area (TPSA) is 37.3 Å². The van der Waals surface area contributed by atoms with Crippen LogP contribution in [0.25, 0.3) is 0 Å². The van der Waals surface area contributed by atoms with Gasteiger partial charge in [-0.05, 0) is 36.0 Å². The minimum absolute atomic E-state index is 0.127. The van der Waals surface area contributed by atoms with E-state index in [1.54, 1.807) is 0 Å². The summed E-state index contributed by atoms with van der Waals surface area (Å²) in [6, 6.07) is 0. The smallest absolute Gasteiger partial charge is 0.123 e. The molecule has 3 aliphatic rings. The Bertz CT molecular complexity index is 222. The number of fused-ring (bicyclic) bond motifs is 2. The molecular formula is C11H18O2. The number of aldehydes is 1. The maximum atomic E-state index is 10.8. The van der Waals surface area contributed by atoms with E-state index in [0.717, 1.165) is 18.6 Å². The Morgan fingerprint density at radius 2 is 2.15 bits per heavy atom. The predicted octanol–water partition coefficient (Wildman–Crippen LogP) is 1.48. The summed E-state index contributed by atoms with van der Waals surface area (Å²) in [6.07, 6.45) is 3.27. The molecule has 2 heteroatoms. The van der Waals surface area contributed by atoms with Crippen LogP contribution in [0.1, 0.15) is 26.7 Å².